The SMILES string of the molecule is Cc1cc(C)cc(NC(=O)c2ccc(N3CCC[C@H](C)C3)c([N+](=O)[O-])c2)c1. The molecule has 3 rings (SSSR count). The van der Waals surface area contributed by atoms with Gasteiger partial charge < -0.3 is 10.2 Å². The molecule has 142 valence electrons. The normalized spacial score (nSPS) is 16.9. The van der Waals surface area contributed by atoms with Gasteiger partial charge in [-0.1, -0.05) is 13.0 Å². The summed E-state index contributed by atoms with van der Waals surface area (Å²) >= 11 is 0. The third-order valence-corrected chi connectivity index (χ3v) is 4.91. The summed E-state index contributed by atoms with van der Waals surface area (Å²) in [5.41, 5.74) is 3.65. The third-order valence-electron chi connectivity index (χ3n) is 4.91. The molecule has 2 aromatic rings. The first kappa shape index (κ1) is 18.9. The Hall–Kier alpha value is -2.89. The summed E-state index contributed by atoms with van der Waals surface area (Å²) in [6.07, 6.45) is 2.16. The van der Waals surface area contributed by atoms with Crippen LogP contribution in [-0.2, 0) is 0 Å². The predicted molar refractivity (Wildman–Crippen MR) is 108 cm³/mol. The van der Waals surface area contributed by atoms with E-state index < -0.39 is 4.92 Å². The number of amides is 1. The monoisotopic (exact) mass is 367 g/mol. The Kier molecular flexibility index (Phi) is 5.44. The summed E-state index contributed by atoms with van der Waals surface area (Å²) in [6.45, 7) is 7.68. The van der Waals surface area contributed by atoms with Crippen LogP contribution < -0.4 is 10.2 Å². The summed E-state index contributed by atoms with van der Waals surface area (Å²) in [7, 11) is 0. The highest BCUT2D eigenvalue weighted by atomic mass is 16.6. The molecule has 2 aromatic carbocycles. The number of aryl methyl sites for hydroxylation is 2. The number of carbonyl (C=O) groups excluding carboxylic acids is 1. The number of nitrogens with zero attached hydrogens (tertiary/aromatic N) is 2. The highest BCUT2D eigenvalue weighted by molar-refractivity contribution is 6.05. The van der Waals surface area contributed by atoms with E-state index in [-0.39, 0.29) is 17.2 Å². The van der Waals surface area contributed by atoms with Gasteiger partial charge >= 0.3 is 0 Å². The van der Waals surface area contributed by atoms with Crippen molar-refractivity contribution in [1.29, 1.82) is 0 Å². The van der Waals surface area contributed by atoms with Gasteiger partial charge in [-0.25, -0.2) is 0 Å². The molecule has 1 heterocycles. The van der Waals surface area contributed by atoms with Gasteiger partial charge in [0.25, 0.3) is 11.6 Å². The molecule has 0 spiro atoms. The standard InChI is InChI=1S/C21H25N3O3/c1-14-5-4-8-23(13-14)19-7-6-17(12-20(19)24(26)27)21(25)22-18-10-15(2)9-16(3)11-18/h6-7,9-12,14H,4-5,8,13H2,1-3H3,(H,22,25)/t14-/m0/s1. The van der Waals surface area contributed by atoms with Crippen LogP contribution in [0.15, 0.2) is 36.4 Å². The molecule has 6 nitrogen and oxygen atoms in total. The van der Waals surface area contributed by atoms with E-state index in [2.05, 4.69) is 17.1 Å². The van der Waals surface area contributed by atoms with Crippen LogP contribution in [0.2, 0.25) is 0 Å². The number of rotatable bonds is 4. The lowest BCUT2D eigenvalue weighted by molar-refractivity contribution is -0.384. The first-order valence-electron chi connectivity index (χ1n) is 9.26. The van der Waals surface area contributed by atoms with E-state index in [0.717, 1.165) is 37.1 Å². The molecule has 1 N–H and O–H groups in total. The average molecular weight is 367 g/mol. The van der Waals surface area contributed by atoms with E-state index in [9.17, 15) is 14.9 Å². The summed E-state index contributed by atoms with van der Waals surface area (Å²) in [5, 5.41) is 14.5. The number of hydrogen-bond acceptors (Lipinski definition) is 4. The van der Waals surface area contributed by atoms with Crippen LogP contribution in [0, 0.1) is 29.9 Å². The van der Waals surface area contributed by atoms with Gasteiger partial charge in [0.2, 0.25) is 0 Å². The lowest BCUT2D eigenvalue weighted by Gasteiger charge is -2.32. The van der Waals surface area contributed by atoms with Gasteiger partial charge in [-0.3, -0.25) is 14.9 Å². The Bertz CT molecular complexity index is 859. The molecule has 1 fully saturated rings. The molecule has 6 heteroatoms. The molecule has 0 radical (unpaired) electrons. The zero-order chi connectivity index (χ0) is 19.6. The number of piperidine rings is 1. The van der Waals surface area contributed by atoms with Crippen molar-refractivity contribution < 1.29 is 9.72 Å². The van der Waals surface area contributed by atoms with E-state index in [1.165, 1.54) is 6.07 Å². The summed E-state index contributed by atoms with van der Waals surface area (Å²) in [4.78, 5) is 25.9. The maximum Gasteiger partial charge on any atom is 0.293 e. The van der Waals surface area contributed by atoms with Crippen LogP contribution in [0.1, 0.15) is 41.3 Å². The zero-order valence-corrected chi connectivity index (χ0v) is 16.0. The molecule has 1 aliphatic heterocycles. The number of hydrogen-bond donors (Lipinski definition) is 1. The van der Waals surface area contributed by atoms with E-state index in [0.29, 0.717) is 17.3 Å². The summed E-state index contributed by atoms with van der Waals surface area (Å²) in [6, 6.07) is 10.5. The first-order valence-corrected chi connectivity index (χ1v) is 9.26. The average Bonchev–Trinajstić information content (AvgIpc) is 2.60. The van der Waals surface area contributed by atoms with Gasteiger partial charge in [-0.15, -0.1) is 0 Å². The Balaban J connectivity index is 1.86. The second-order valence-electron chi connectivity index (χ2n) is 7.48. The van der Waals surface area contributed by atoms with E-state index in [4.69, 9.17) is 0 Å². The van der Waals surface area contributed by atoms with Crippen LogP contribution in [-0.4, -0.2) is 23.9 Å². The minimum Gasteiger partial charge on any atom is -0.366 e. The van der Waals surface area contributed by atoms with Crippen molar-refractivity contribution in [2.45, 2.75) is 33.6 Å². The van der Waals surface area contributed by atoms with E-state index in [1.807, 2.05) is 32.0 Å². The van der Waals surface area contributed by atoms with E-state index in [1.54, 1.807) is 12.1 Å². The van der Waals surface area contributed by atoms with Crippen LogP contribution >= 0.6 is 0 Å². The molecule has 27 heavy (non-hydrogen) atoms. The number of carbonyl (C=O) groups is 1. The molecule has 1 amide bonds. The van der Waals surface area contributed by atoms with Gasteiger partial charge in [0.15, 0.2) is 0 Å². The topological polar surface area (TPSA) is 75.5 Å². The van der Waals surface area contributed by atoms with Gasteiger partial charge in [0.1, 0.15) is 5.69 Å². The van der Waals surface area contributed by atoms with Crippen molar-refractivity contribution in [2.75, 3.05) is 23.3 Å². The molecule has 0 aliphatic carbocycles. The van der Waals surface area contributed by atoms with Crippen LogP contribution in [0.4, 0.5) is 17.1 Å². The molecular weight excluding hydrogens is 342 g/mol. The molecule has 1 atom stereocenters. The quantitative estimate of drug-likeness (QED) is 0.628. The minimum absolute atomic E-state index is 0.0165. The Morgan fingerprint density at radius 1 is 1.19 bits per heavy atom. The number of anilines is 2. The molecule has 0 bridgehead atoms. The molecule has 0 aromatic heterocycles. The Morgan fingerprint density at radius 3 is 2.52 bits per heavy atom. The first-order chi connectivity index (χ1) is 12.8. The van der Waals surface area contributed by atoms with Crippen molar-refractivity contribution in [2.24, 2.45) is 5.92 Å². The van der Waals surface area contributed by atoms with E-state index >= 15 is 0 Å². The zero-order valence-electron chi connectivity index (χ0n) is 16.0. The largest absolute Gasteiger partial charge is 0.366 e. The van der Waals surface area contributed by atoms with Crippen molar-refractivity contribution in [3.05, 3.63) is 63.2 Å². The predicted octanol–water partition coefficient (Wildman–Crippen LogP) is 4.70. The summed E-state index contributed by atoms with van der Waals surface area (Å²) in [5.74, 6) is 0.160. The maximum absolute atomic E-state index is 12.6. The van der Waals surface area contributed by atoms with Gasteiger partial charge in [0.05, 0.1) is 4.92 Å². The second-order valence-corrected chi connectivity index (χ2v) is 7.48. The molecule has 0 unspecified atom stereocenters. The fourth-order valence-electron chi connectivity index (χ4n) is 3.74. The maximum atomic E-state index is 12.6. The Labute approximate surface area is 159 Å². The highest BCUT2D eigenvalue weighted by Gasteiger charge is 2.25. The van der Waals surface area contributed by atoms with Gasteiger partial charge in [-0.05, 0) is 68.0 Å². The van der Waals surface area contributed by atoms with Gasteiger partial charge in [-0.2, -0.15) is 0 Å². The van der Waals surface area contributed by atoms with Crippen LogP contribution in [0.3, 0.4) is 0 Å². The molecule has 0 saturated carbocycles. The van der Waals surface area contributed by atoms with Gasteiger partial charge in [0, 0.05) is 30.4 Å². The highest BCUT2D eigenvalue weighted by Crippen LogP contribution is 2.32. The number of nitro groups is 1. The number of nitrogens with one attached hydrogen (secondary N) is 1. The van der Waals surface area contributed by atoms with Crippen molar-refractivity contribution in [1.82, 2.24) is 0 Å². The fraction of sp³-hybridized carbons (Fsp3) is 0.381. The van der Waals surface area contributed by atoms with Crippen molar-refractivity contribution in [3.8, 4) is 0 Å². The number of nitro benzene ring substituents is 1. The fourth-order valence-corrected chi connectivity index (χ4v) is 3.74. The molecular formula is C21H25N3O3. The smallest absolute Gasteiger partial charge is 0.293 e. The Morgan fingerprint density at radius 2 is 1.89 bits per heavy atom. The minimum atomic E-state index is -0.401. The van der Waals surface area contributed by atoms with Crippen LogP contribution in [0.5, 0.6) is 0 Å². The summed E-state index contributed by atoms with van der Waals surface area (Å²) < 4.78 is 0. The molecule has 1 saturated heterocycles. The lowest BCUT2D eigenvalue weighted by atomic mass is 9.99. The van der Waals surface area contributed by atoms with Crippen LogP contribution in [0.25, 0.3) is 0 Å². The lowest BCUT2D eigenvalue weighted by Crippen LogP contribution is -2.34. The second kappa shape index (κ2) is 7.78. The third kappa shape index (κ3) is 4.45. The van der Waals surface area contributed by atoms with Crippen molar-refractivity contribution >= 4 is 23.0 Å². The number of benzene rings is 2. The molecule has 1 aliphatic rings. The van der Waals surface area contributed by atoms with Crippen molar-refractivity contribution in [3.63, 3.8) is 0 Å².